The number of hydrogen-bond donors (Lipinski definition) is 5. The average Bonchev–Trinajstić information content (AvgIpc) is 3.69. The van der Waals surface area contributed by atoms with Gasteiger partial charge in [0.2, 0.25) is 0 Å². The summed E-state index contributed by atoms with van der Waals surface area (Å²) in [6, 6.07) is 41.3. The average molecular weight is 790 g/mol. The van der Waals surface area contributed by atoms with E-state index in [1.54, 1.807) is 18.2 Å². The number of thioether (sulfide) groups is 1. The molecule has 0 saturated carbocycles. The Labute approximate surface area is 339 Å². The molecule has 1 aliphatic rings. The second kappa shape index (κ2) is 19.0. The van der Waals surface area contributed by atoms with Crippen molar-refractivity contribution in [1.29, 1.82) is 0 Å². The molecule has 3 atom stereocenters. The molecule has 1 aliphatic heterocycles. The number of aryl methyl sites for hydroxylation is 2. The zero-order chi connectivity index (χ0) is 40.4. The standard InChI is InChI=1S/C47H52FN3O5S/c1-46(2,3)56-45(55)43(50-38-26-23-33(22-19-32-20-24-37(48)25-21-32)41(27-38)44(54)51-39(30-52)31-53)42-28-40(29-49-42)57-47(34-13-7-4-8-14-34,35-15-9-5-10-16-35)36-17-11-6-12-18-36/h4-18,20-21,23-27,39-40,42-43,49-50,52-53H,19,22,28-31H2,1-3H3,(H,51,54). The van der Waals surface area contributed by atoms with E-state index in [1.165, 1.54) is 12.1 Å². The highest BCUT2D eigenvalue weighted by molar-refractivity contribution is 8.01. The molecule has 0 aromatic heterocycles. The summed E-state index contributed by atoms with van der Waals surface area (Å²) < 4.78 is 19.0. The molecule has 5 N–H and O–H groups in total. The summed E-state index contributed by atoms with van der Waals surface area (Å²) in [6.45, 7) is 5.30. The van der Waals surface area contributed by atoms with Crippen molar-refractivity contribution in [3.63, 3.8) is 0 Å². The van der Waals surface area contributed by atoms with Crippen LogP contribution in [-0.2, 0) is 27.1 Å². The topological polar surface area (TPSA) is 120 Å². The second-order valence-electron chi connectivity index (χ2n) is 15.5. The monoisotopic (exact) mass is 789 g/mol. The highest BCUT2D eigenvalue weighted by atomic mass is 32.2. The van der Waals surface area contributed by atoms with E-state index >= 15 is 0 Å². The van der Waals surface area contributed by atoms with Crippen LogP contribution in [0.5, 0.6) is 0 Å². The van der Waals surface area contributed by atoms with Crippen molar-refractivity contribution in [3.05, 3.63) is 173 Å². The summed E-state index contributed by atoms with van der Waals surface area (Å²) in [5.41, 5.74) is 5.24. The van der Waals surface area contributed by atoms with Gasteiger partial charge < -0.3 is 30.9 Å². The molecule has 8 nitrogen and oxygen atoms in total. The first-order valence-corrected chi connectivity index (χ1v) is 20.3. The van der Waals surface area contributed by atoms with Crippen LogP contribution in [0.25, 0.3) is 0 Å². The molecule has 3 unspecified atom stereocenters. The van der Waals surface area contributed by atoms with Crippen LogP contribution in [0, 0.1) is 5.82 Å². The minimum Gasteiger partial charge on any atom is -0.458 e. The first-order chi connectivity index (χ1) is 27.5. The van der Waals surface area contributed by atoms with Gasteiger partial charge in [-0.25, -0.2) is 9.18 Å². The lowest BCUT2D eigenvalue weighted by molar-refractivity contribution is -0.156. The Morgan fingerprint density at radius 1 is 0.807 bits per heavy atom. The number of hydrogen-bond acceptors (Lipinski definition) is 8. The molecule has 0 radical (unpaired) electrons. The van der Waals surface area contributed by atoms with Crippen LogP contribution in [0.1, 0.15) is 65.4 Å². The van der Waals surface area contributed by atoms with Gasteiger partial charge in [-0.15, -0.1) is 11.8 Å². The first-order valence-electron chi connectivity index (χ1n) is 19.5. The molecule has 10 heteroatoms. The van der Waals surface area contributed by atoms with E-state index in [0.29, 0.717) is 37.1 Å². The summed E-state index contributed by atoms with van der Waals surface area (Å²) >= 11 is 1.88. The van der Waals surface area contributed by atoms with Gasteiger partial charge in [0.1, 0.15) is 17.5 Å². The van der Waals surface area contributed by atoms with Crippen molar-refractivity contribution in [2.45, 2.75) is 73.8 Å². The van der Waals surface area contributed by atoms with Crippen LogP contribution >= 0.6 is 11.8 Å². The minimum atomic E-state index is -0.847. The van der Waals surface area contributed by atoms with Crippen LogP contribution in [0.2, 0.25) is 0 Å². The van der Waals surface area contributed by atoms with Gasteiger partial charge in [-0.1, -0.05) is 109 Å². The molecule has 1 fully saturated rings. The minimum absolute atomic E-state index is 0.0893. The highest BCUT2D eigenvalue weighted by Gasteiger charge is 2.44. The third-order valence-corrected chi connectivity index (χ3v) is 11.9. The van der Waals surface area contributed by atoms with Gasteiger partial charge in [-0.3, -0.25) is 4.79 Å². The van der Waals surface area contributed by atoms with Gasteiger partial charge in [0.05, 0.1) is 24.0 Å². The Hall–Kier alpha value is -5.00. The Kier molecular flexibility index (Phi) is 13.8. The molecule has 1 heterocycles. The lowest BCUT2D eigenvalue weighted by atomic mass is 9.84. The normalized spacial score (nSPS) is 16.3. The lowest BCUT2D eigenvalue weighted by Gasteiger charge is -2.37. The molecule has 0 aliphatic carbocycles. The Balaban J connectivity index is 1.31. The predicted octanol–water partition coefficient (Wildman–Crippen LogP) is 7.27. The molecule has 298 valence electrons. The Morgan fingerprint density at radius 2 is 1.37 bits per heavy atom. The number of rotatable bonds is 16. The van der Waals surface area contributed by atoms with Gasteiger partial charge in [-0.05, 0) is 92.1 Å². The van der Waals surface area contributed by atoms with Crippen LogP contribution in [0.3, 0.4) is 0 Å². The molecular formula is C47H52FN3O5S. The number of carbonyl (C=O) groups excluding carboxylic acids is 2. The van der Waals surface area contributed by atoms with E-state index in [4.69, 9.17) is 4.74 Å². The summed E-state index contributed by atoms with van der Waals surface area (Å²) in [4.78, 5) is 27.8. The lowest BCUT2D eigenvalue weighted by Crippen LogP contribution is -2.48. The fourth-order valence-electron chi connectivity index (χ4n) is 7.36. The number of esters is 1. The Bertz CT molecular complexity index is 1960. The third kappa shape index (κ3) is 10.5. The maximum Gasteiger partial charge on any atom is 0.330 e. The van der Waals surface area contributed by atoms with Crippen molar-refractivity contribution in [1.82, 2.24) is 10.6 Å². The number of nitrogens with one attached hydrogen (secondary N) is 3. The Morgan fingerprint density at radius 3 is 1.89 bits per heavy atom. The number of benzene rings is 5. The van der Waals surface area contributed by atoms with Gasteiger partial charge in [0, 0.05) is 29.1 Å². The van der Waals surface area contributed by atoms with Gasteiger partial charge in [0.15, 0.2) is 0 Å². The number of amides is 1. The van der Waals surface area contributed by atoms with Crippen LogP contribution < -0.4 is 16.0 Å². The number of carbonyl (C=O) groups is 2. The van der Waals surface area contributed by atoms with E-state index in [2.05, 4.69) is 88.7 Å². The highest BCUT2D eigenvalue weighted by Crippen LogP contribution is 2.51. The largest absolute Gasteiger partial charge is 0.458 e. The van der Waals surface area contributed by atoms with Gasteiger partial charge in [0.25, 0.3) is 5.91 Å². The summed E-state index contributed by atoms with van der Waals surface area (Å²) in [7, 11) is 0. The first kappa shape index (κ1) is 41.6. The molecule has 5 aromatic rings. The number of anilines is 1. The molecule has 1 amide bonds. The number of ether oxygens (including phenoxy) is 1. The predicted molar refractivity (Wildman–Crippen MR) is 226 cm³/mol. The maximum atomic E-state index is 14.1. The molecule has 5 aromatic carbocycles. The molecule has 1 saturated heterocycles. The van der Waals surface area contributed by atoms with Crippen LogP contribution in [0.4, 0.5) is 10.1 Å². The SMILES string of the molecule is CC(C)(C)OC(=O)C(Nc1ccc(CCc2ccc(F)cc2)c(C(=O)NC(CO)CO)c1)C1CC(SC(c2ccccc2)(c2ccccc2)c2ccccc2)CN1. The third-order valence-electron chi connectivity index (χ3n) is 10.1. The van der Waals surface area contributed by atoms with E-state index in [0.717, 1.165) is 27.8 Å². The molecular weight excluding hydrogens is 738 g/mol. The molecule has 0 bridgehead atoms. The van der Waals surface area contributed by atoms with E-state index in [9.17, 15) is 24.2 Å². The van der Waals surface area contributed by atoms with Crippen molar-refractivity contribution in [2.75, 3.05) is 25.1 Å². The molecule has 6 rings (SSSR count). The summed E-state index contributed by atoms with van der Waals surface area (Å²) in [5, 5.41) is 29.3. The fourth-order valence-corrected chi connectivity index (χ4v) is 9.16. The zero-order valence-corrected chi connectivity index (χ0v) is 33.5. The number of aliphatic hydroxyl groups is 2. The van der Waals surface area contributed by atoms with Crippen molar-refractivity contribution >= 4 is 29.3 Å². The van der Waals surface area contributed by atoms with Gasteiger partial charge >= 0.3 is 5.97 Å². The van der Waals surface area contributed by atoms with Crippen molar-refractivity contribution in [2.24, 2.45) is 0 Å². The second-order valence-corrected chi connectivity index (χ2v) is 17.0. The van der Waals surface area contributed by atoms with E-state index in [-0.39, 0.29) is 17.1 Å². The number of halogens is 1. The van der Waals surface area contributed by atoms with Crippen molar-refractivity contribution < 1.29 is 28.9 Å². The van der Waals surface area contributed by atoms with Crippen LogP contribution in [0.15, 0.2) is 133 Å². The smallest absolute Gasteiger partial charge is 0.330 e. The number of aliphatic hydroxyl groups excluding tert-OH is 2. The maximum absolute atomic E-state index is 14.1. The van der Waals surface area contributed by atoms with Gasteiger partial charge in [-0.2, -0.15) is 0 Å². The van der Waals surface area contributed by atoms with Crippen molar-refractivity contribution in [3.8, 4) is 0 Å². The molecule has 57 heavy (non-hydrogen) atoms. The van der Waals surface area contributed by atoms with E-state index in [1.807, 2.05) is 62.9 Å². The molecule has 0 spiro atoms. The zero-order valence-electron chi connectivity index (χ0n) is 32.7. The summed E-state index contributed by atoms with van der Waals surface area (Å²) in [5.74, 6) is -1.21. The summed E-state index contributed by atoms with van der Waals surface area (Å²) in [6.07, 6.45) is 1.68. The quantitative estimate of drug-likeness (QED) is 0.0524. The van der Waals surface area contributed by atoms with E-state index < -0.39 is 47.5 Å². The fraction of sp³-hybridized carbons (Fsp3) is 0.319. The van der Waals surface area contributed by atoms with Crippen LogP contribution in [-0.4, -0.2) is 70.8 Å².